The van der Waals surface area contributed by atoms with Crippen molar-refractivity contribution in [3.8, 4) is 5.75 Å². The molecule has 0 radical (unpaired) electrons. The standard InChI is InChI=1S/C15H20N2O2/c18-15(17-9-2-7-16-8-10-17)19-14-6-5-12-3-1-4-13(12)11-14/h5-6,11,16H,1-4,7-10H2. The average Bonchev–Trinajstić information content (AvgIpc) is 2.71. The molecule has 1 saturated heterocycles. The topological polar surface area (TPSA) is 41.6 Å². The number of benzene rings is 1. The van der Waals surface area contributed by atoms with Crippen molar-refractivity contribution in [2.24, 2.45) is 0 Å². The van der Waals surface area contributed by atoms with E-state index in [-0.39, 0.29) is 6.09 Å². The second-order valence-corrected chi connectivity index (χ2v) is 5.24. The van der Waals surface area contributed by atoms with Crippen molar-refractivity contribution in [3.05, 3.63) is 29.3 Å². The van der Waals surface area contributed by atoms with E-state index < -0.39 is 0 Å². The highest BCUT2D eigenvalue weighted by Gasteiger charge is 2.18. The maximum atomic E-state index is 12.1. The molecule has 1 aliphatic carbocycles. The van der Waals surface area contributed by atoms with Gasteiger partial charge >= 0.3 is 6.09 Å². The lowest BCUT2D eigenvalue weighted by atomic mass is 10.1. The van der Waals surface area contributed by atoms with Gasteiger partial charge in [0.1, 0.15) is 5.75 Å². The molecule has 19 heavy (non-hydrogen) atoms. The van der Waals surface area contributed by atoms with Crippen molar-refractivity contribution in [1.29, 1.82) is 0 Å². The number of nitrogens with one attached hydrogen (secondary N) is 1. The van der Waals surface area contributed by atoms with Crippen LogP contribution in [0.5, 0.6) is 5.75 Å². The Bertz CT molecular complexity index is 465. The normalized spacial score (nSPS) is 18.8. The first-order valence-electron chi connectivity index (χ1n) is 7.12. The van der Waals surface area contributed by atoms with Gasteiger partial charge in [0.25, 0.3) is 0 Å². The van der Waals surface area contributed by atoms with Crippen LogP contribution in [-0.2, 0) is 12.8 Å². The number of hydrogen-bond acceptors (Lipinski definition) is 3. The summed E-state index contributed by atoms with van der Waals surface area (Å²) < 4.78 is 5.49. The van der Waals surface area contributed by atoms with Gasteiger partial charge in [0.15, 0.2) is 0 Å². The molecule has 1 fully saturated rings. The fraction of sp³-hybridized carbons (Fsp3) is 0.533. The molecule has 4 nitrogen and oxygen atoms in total. The van der Waals surface area contributed by atoms with E-state index in [1.54, 1.807) is 4.90 Å². The molecule has 4 heteroatoms. The van der Waals surface area contributed by atoms with Gasteiger partial charge < -0.3 is 15.0 Å². The third kappa shape index (κ3) is 2.89. The van der Waals surface area contributed by atoms with Crippen molar-refractivity contribution >= 4 is 6.09 Å². The van der Waals surface area contributed by atoms with Gasteiger partial charge in [0.05, 0.1) is 0 Å². The van der Waals surface area contributed by atoms with E-state index in [0.29, 0.717) is 5.75 Å². The molecule has 1 N–H and O–H groups in total. The van der Waals surface area contributed by atoms with Crippen molar-refractivity contribution in [2.45, 2.75) is 25.7 Å². The zero-order valence-corrected chi connectivity index (χ0v) is 11.2. The highest BCUT2D eigenvalue weighted by Crippen LogP contribution is 2.26. The molecule has 102 valence electrons. The van der Waals surface area contributed by atoms with Crippen molar-refractivity contribution < 1.29 is 9.53 Å². The summed E-state index contributed by atoms with van der Waals surface area (Å²) in [6, 6.07) is 6.03. The molecule has 0 saturated carbocycles. The van der Waals surface area contributed by atoms with Crippen LogP contribution >= 0.6 is 0 Å². The van der Waals surface area contributed by atoms with E-state index in [9.17, 15) is 4.79 Å². The maximum absolute atomic E-state index is 12.1. The lowest BCUT2D eigenvalue weighted by Crippen LogP contribution is -2.36. The minimum Gasteiger partial charge on any atom is -0.410 e. The monoisotopic (exact) mass is 260 g/mol. The van der Waals surface area contributed by atoms with Gasteiger partial charge in [0.2, 0.25) is 0 Å². The highest BCUT2D eigenvalue weighted by atomic mass is 16.6. The maximum Gasteiger partial charge on any atom is 0.415 e. The van der Waals surface area contributed by atoms with Crippen molar-refractivity contribution in [3.63, 3.8) is 0 Å². The number of nitrogens with zero attached hydrogens (tertiary/aromatic N) is 1. The number of fused-ring (bicyclic) bond motifs is 1. The first-order valence-corrected chi connectivity index (χ1v) is 7.12. The Balaban J connectivity index is 1.65. The Morgan fingerprint density at radius 1 is 1.11 bits per heavy atom. The smallest absolute Gasteiger partial charge is 0.410 e. The van der Waals surface area contributed by atoms with E-state index in [1.807, 2.05) is 12.1 Å². The molecule has 0 unspecified atom stereocenters. The summed E-state index contributed by atoms with van der Waals surface area (Å²) in [6.07, 6.45) is 4.24. The van der Waals surface area contributed by atoms with E-state index in [2.05, 4.69) is 11.4 Å². The Kier molecular flexibility index (Phi) is 3.69. The molecule has 0 aromatic heterocycles. The van der Waals surface area contributed by atoms with Crippen LogP contribution in [-0.4, -0.2) is 37.2 Å². The molecule has 0 spiro atoms. The Labute approximate surface area is 113 Å². The van der Waals surface area contributed by atoms with Crippen LogP contribution in [0.3, 0.4) is 0 Å². The number of rotatable bonds is 1. The third-order valence-electron chi connectivity index (χ3n) is 3.87. The summed E-state index contributed by atoms with van der Waals surface area (Å²) >= 11 is 0. The molecule has 1 aliphatic heterocycles. The predicted octanol–water partition coefficient (Wildman–Crippen LogP) is 1.97. The molecular weight excluding hydrogens is 240 g/mol. The second-order valence-electron chi connectivity index (χ2n) is 5.24. The molecule has 0 bridgehead atoms. The summed E-state index contributed by atoms with van der Waals surface area (Å²) in [5.74, 6) is 0.683. The van der Waals surface area contributed by atoms with Gasteiger partial charge in [-0.1, -0.05) is 6.07 Å². The molecule has 1 aromatic carbocycles. The van der Waals surface area contributed by atoms with Gasteiger partial charge in [-0.15, -0.1) is 0 Å². The quantitative estimate of drug-likeness (QED) is 0.839. The molecule has 1 aromatic rings. The molecule has 0 atom stereocenters. The lowest BCUT2D eigenvalue weighted by Gasteiger charge is -2.19. The van der Waals surface area contributed by atoms with Crippen LogP contribution in [0, 0.1) is 0 Å². The summed E-state index contributed by atoms with van der Waals surface area (Å²) in [6.45, 7) is 3.32. The molecule has 1 heterocycles. The molecule has 3 rings (SSSR count). The summed E-state index contributed by atoms with van der Waals surface area (Å²) in [5.41, 5.74) is 2.74. The number of carbonyl (C=O) groups excluding carboxylic acids is 1. The minimum absolute atomic E-state index is 0.221. The van der Waals surface area contributed by atoms with Gasteiger partial charge in [-0.05, 0) is 55.5 Å². The molecule has 2 aliphatic rings. The Hall–Kier alpha value is -1.55. The zero-order chi connectivity index (χ0) is 13.1. The van der Waals surface area contributed by atoms with Gasteiger partial charge in [-0.3, -0.25) is 0 Å². The molecule has 1 amide bonds. The van der Waals surface area contributed by atoms with E-state index in [0.717, 1.165) is 45.4 Å². The third-order valence-corrected chi connectivity index (χ3v) is 3.87. The number of amides is 1. The highest BCUT2D eigenvalue weighted by molar-refractivity contribution is 5.70. The first-order chi connectivity index (χ1) is 9.33. The van der Waals surface area contributed by atoms with Crippen molar-refractivity contribution in [2.75, 3.05) is 26.2 Å². The van der Waals surface area contributed by atoms with Crippen LogP contribution in [0.15, 0.2) is 18.2 Å². The lowest BCUT2D eigenvalue weighted by molar-refractivity contribution is 0.155. The Morgan fingerprint density at radius 2 is 2.00 bits per heavy atom. The van der Waals surface area contributed by atoms with Crippen LogP contribution < -0.4 is 10.1 Å². The summed E-state index contributed by atoms with van der Waals surface area (Å²) in [4.78, 5) is 13.9. The van der Waals surface area contributed by atoms with E-state index in [1.165, 1.54) is 17.5 Å². The summed E-state index contributed by atoms with van der Waals surface area (Å²) in [7, 11) is 0. The fourth-order valence-electron chi connectivity index (χ4n) is 2.81. The van der Waals surface area contributed by atoms with Crippen LogP contribution in [0.4, 0.5) is 4.79 Å². The van der Waals surface area contributed by atoms with Crippen molar-refractivity contribution in [1.82, 2.24) is 10.2 Å². The fourth-order valence-corrected chi connectivity index (χ4v) is 2.81. The predicted molar refractivity (Wildman–Crippen MR) is 73.6 cm³/mol. The van der Waals surface area contributed by atoms with Crippen LogP contribution in [0.25, 0.3) is 0 Å². The number of hydrogen-bond donors (Lipinski definition) is 1. The van der Waals surface area contributed by atoms with Crippen LogP contribution in [0.2, 0.25) is 0 Å². The van der Waals surface area contributed by atoms with Gasteiger partial charge in [0, 0.05) is 19.6 Å². The number of ether oxygens (including phenoxy) is 1. The zero-order valence-electron chi connectivity index (χ0n) is 11.2. The minimum atomic E-state index is -0.221. The number of carbonyl (C=O) groups is 1. The average molecular weight is 260 g/mol. The van der Waals surface area contributed by atoms with Crippen LogP contribution in [0.1, 0.15) is 24.0 Å². The summed E-state index contributed by atoms with van der Waals surface area (Å²) in [5, 5.41) is 3.28. The molecular formula is C15H20N2O2. The SMILES string of the molecule is O=C(Oc1ccc2c(c1)CCC2)N1CCCNCC1. The second kappa shape index (κ2) is 5.61. The van der Waals surface area contributed by atoms with E-state index in [4.69, 9.17) is 4.74 Å². The van der Waals surface area contributed by atoms with Gasteiger partial charge in [-0.2, -0.15) is 0 Å². The largest absolute Gasteiger partial charge is 0.415 e. The number of aryl methyl sites for hydroxylation is 2. The van der Waals surface area contributed by atoms with Gasteiger partial charge in [-0.25, -0.2) is 4.79 Å². The van der Waals surface area contributed by atoms with E-state index >= 15 is 0 Å². The first kappa shape index (κ1) is 12.5. The Morgan fingerprint density at radius 3 is 2.95 bits per heavy atom.